The molecule has 3 rings (SSSR count). The van der Waals surface area contributed by atoms with E-state index in [1.165, 1.54) is 0 Å². The van der Waals surface area contributed by atoms with Crippen LogP contribution in [-0.4, -0.2) is 34.9 Å². The van der Waals surface area contributed by atoms with Crippen LogP contribution in [0.3, 0.4) is 0 Å². The minimum atomic E-state index is -0.343. The van der Waals surface area contributed by atoms with Crippen molar-refractivity contribution in [1.82, 2.24) is 9.78 Å². The molecule has 3 N–H and O–H groups in total. The van der Waals surface area contributed by atoms with Crippen LogP contribution in [-0.2, 0) is 9.53 Å². The van der Waals surface area contributed by atoms with Gasteiger partial charge in [0.1, 0.15) is 0 Å². The lowest BCUT2D eigenvalue weighted by Crippen LogP contribution is -2.54. The Labute approximate surface area is 139 Å². The van der Waals surface area contributed by atoms with Crippen LogP contribution in [0.1, 0.15) is 12.8 Å². The zero-order chi connectivity index (χ0) is 16.4. The Balaban J connectivity index is 1.64. The second-order valence-electron chi connectivity index (χ2n) is 5.81. The molecular weight excluding hydrogens is 316 g/mol. The Bertz CT molecular complexity index is 704. The van der Waals surface area contributed by atoms with Gasteiger partial charge in [0.15, 0.2) is 0 Å². The van der Waals surface area contributed by atoms with E-state index in [0.717, 1.165) is 5.69 Å². The highest BCUT2D eigenvalue weighted by molar-refractivity contribution is 6.32. The van der Waals surface area contributed by atoms with Gasteiger partial charge >= 0.3 is 0 Å². The Morgan fingerprint density at radius 2 is 2.26 bits per heavy atom. The van der Waals surface area contributed by atoms with E-state index in [2.05, 4.69) is 10.4 Å². The predicted molar refractivity (Wildman–Crippen MR) is 88.7 cm³/mol. The fourth-order valence-corrected chi connectivity index (χ4v) is 3.06. The number of carbonyl (C=O) groups excluding carboxylic acids is 1. The monoisotopic (exact) mass is 334 g/mol. The van der Waals surface area contributed by atoms with Gasteiger partial charge in [-0.2, -0.15) is 5.10 Å². The standard InChI is InChI=1S/C16H19ClN4O2/c1-23-16(10-18)6-11(7-16)15(22)20-12-8-19-21(9-12)14-5-3-2-4-13(14)17/h2-5,8-9,11H,6-7,10,18H2,1H3,(H,20,22). The molecule has 7 heteroatoms. The van der Waals surface area contributed by atoms with Crippen molar-refractivity contribution in [1.29, 1.82) is 0 Å². The maximum atomic E-state index is 12.3. The molecule has 0 radical (unpaired) electrons. The van der Waals surface area contributed by atoms with Gasteiger partial charge in [-0.3, -0.25) is 4.79 Å². The lowest BCUT2D eigenvalue weighted by atomic mass is 9.70. The summed E-state index contributed by atoms with van der Waals surface area (Å²) in [5.41, 5.74) is 6.75. The zero-order valence-electron chi connectivity index (χ0n) is 12.8. The molecule has 0 bridgehead atoms. The number of benzene rings is 1. The topological polar surface area (TPSA) is 82.2 Å². The number of nitrogens with one attached hydrogen (secondary N) is 1. The van der Waals surface area contributed by atoms with Crippen molar-refractivity contribution >= 4 is 23.2 Å². The molecule has 2 aromatic rings. The van der Waals surface area contributed by atoms with Gasteiger partial charge in [0.05, 0.1) is 34.4 Å². The number of ether oxygens (including phenoxy) is 1. The molecule has 122 valence electrons. The molecule has 0 unspecified atom stereocenters. The molecule has 1 aromatic heterocycles. The number of carbonyl (C=O) groups is 1. The number of halogens is 1. The first-order valence-corrected chi connectivity index (χ1v) is 7.80. The summed E-state index contributed by atoms with van der Waals surface area (Å²) in [4.78, 5) is 12.3. The fourth-order valence-electron chi connectivity index (χ4n) is 2.84. The van der Waals surface area contributed by atoms with Crippen molar-refractivity contribution in [2.24, 2.45) is 11.7 Å². The number of hydrogen-bond acceptors (Lipinski definition) is 4. The summed E-state index contributed by atoms with van der Waals surface area (Å²) >= 11 is 6.15. The number of amides is 1. The van der Waals surface area contributed by atoms with Crippen molar-refractivity contribution < 1.29 is 9.53 Å². The maximum absolute atomic E-state index is 12.3. The third kappa shape index (κ3) is 3.10. The molecule has 0 atom stereocenters. The van der Waals surface area contributed by atoms with E-state index < -0.39 is 0 Å². The van der Waals surface area contributed by atoms with Gasteiger partial charge in [0.25, 0.3) is 0 Å². The molecule has 1 aromatic carbocycles. The van der Waals surface area contributed by atoms with Crippen molar-refractivity contribution in [2.45, 2.75) is 18.4 Å². The summed E-state index contributed by atoms with van der Waals surface area (Å²) in [6, 6.07) is 7.39. The summed E-state index contributed by atoms with van der Waals surface area (Å²) in [7, 11) is 1.63. The van der Waals surface area contributed by atoms with Gasteiger partial charge in [-0.15, -0.1) is 0 Å². The van der Waals surface area contributed by atoms with Crippen LogP contribution in [0, 0.1) is 5.92 Å². The van der Waals surface area contributed by atoms with Crippen LogP contribution < -0.4 is 11.1 Å². The number of hydrogen-bond donors (Lipinski definition) is 2. The van der Waals surface area contributed by atoms with Crippen LogP contribution >= 0.6 is 11.6 Å². The second-order valence-corrected chi connectivity index (χ2v) is 6.22. The summed E-state index contributed by atoms with van der Waals surface area (Å²) in [6.45, 7) is 0.428. The number of aromatic nitrogens is 2. The van der Waals surface area contributed by atoms with E-state index in [4.69, 9.17) is 22.1 Å². The number of nitrogens with zero attached hydrogens (tertiary/aromatic N) is 2. The number of nitrogens with two attached hydrogens (primary N) is 1. The fraction of sp³-hybridized carbons (Fsp3) is 0.375. The molecule has 1 saturated carbocycles. The molecule has 6 nitrogen and oxygen atoms in total. The lowest BCUT2D eigenvalue weighted by Gasteiger charge is -2.44. The predicted octanol–water partition coefficient (Wildman–Crippen LogP) is 2.22. The summed E-state index contributed by atoms with van der Waals surface area (Å²) in [5, 5.41) is 7.71. The first-order chi connectivity index (χ1) is 11.1. The number of para-hydroxylation sites is 1. The Kier molecular flexibility index (Phi) is 4.39. The van der Waals surface area contributed by atoms with Gasteiger partial charge in [0, 0.05) is 19.6 Å². The largest absolute Gasteiger partial charge is 0.377 e. The van der Waals surface area contributed by atoms with Crippen molar-refractivity contribution in [3.05, 3.63) is 41.7 Å². The van der Waals surface area contributed by atoms with E-state index >= 15 is 0 Å². The van der Waals surface area contributed by atoms with Gasteiger partial charge in [-0.1, -0.05) is 23.7 Å². The number of rotatable bonds is 5. The Morgan fingerprint density at radius 1 is 1.52 bits per heavy atom. The van der Waals surface area contributed by atoms with E-state index in [1.807, 2.05) is 18.2 Å². The van der Waals surface area contributed by atoms with Crippen LogP contribution in [0.25, 0.3) is 5.69 Å². The highest BCUT2D eigenvalue weighted by atomic mass is 35.5. The molecule has 1 fully saturated rings. The van der Waals surface area contributed by atoms with Gasteiger partial charge < -0.3 is 15.8 Å². The molecule has 1 heterocycles. The van der Waals surface area contributed by atoms with Crippen molar-refractivity contribution in [2.75, 3.05) is 19.0 Å². The molecule has 0 spiro atoms. The number of methoxy groups -OCH3 is 1. The van der Waals surface area contributed by atoms with E-state index in [0.29, 0.717) is 30.1 Å². The Morgan fingerprint density at radius 3 is 2.91 bits per heavy atom. The van der Waals surface area contributed by atoms with Crippen LogP contribution in [0.2, 0.25) is 5.02 Å². The van der Waals surface area contributed by atoms with E-state index in [1.54, 1.807) is 30.3 Å². The smallest absolute Gasteiger partial charge is 0.227 e. The first kappa shape index (κ1) is 16.0. The maximum Gasteiger partial charge on any atom is 0.227 e. The zero-order valence-corrected chi connectivity index (χ0v) is 13.6. The second kappa shape index (κ2) is 6.31. The van der Waals surface area contributed by atoms with Crippen LogP contribution in [0.15, 0.2) is 36.7 Å². The quantitative estimate of drug-likeness (QED) is 0.878. The average Bonchev–Trinajstić information content (AvgIpc) is 2.96. The van der Waals surface area contributed by atoms with Crippen LogP contribution in [0.5, 0.6) is 0 Å². The first-order valence-electron chi connectivity index (χ1n) is 7.42. The average molecular weight is 335 g/mol. The molecular formula is C16H19ClN4O2. The summed E-state index contributed by atoms with van der Waals surface area (Å²) < 4.78 is 7.03. The van der Waals surface area contributed by atoms with Crippen LogP contribution in [0.4, 0.5) is 5.69 Å². The number of anilines is 1. The van der Waals surface area contributed by atoms with Crippen molar-refractivity contribution in [3.8, 4) is 5.69 Å². The highest BCUT2D eigenvalue weighted by Crippen LogP contribution is 2.40. The lowest BCUT2D eigenvalue weighted by molar-refractivity contribution is -0.140. The van der Waals surface area contributed by atoms with E-state index in [-0.39, 0.29) is 17.4 Å². The Hall–Kier alpha value is -1.89. The van der Waals surface area contributed by atoms with Gasteiger partial charge in [0.2, 0.25) is 5.91 Å². The molecule has 0 saturated heterocycles. The molecule has 1 aliphatic rings. The minimum Gasteiger partial charge on any atom is -0.377 e. The van der Waals surface area contributed by atoms with Gasteiger partial charge in [-0.05, 0) is 25.0 Å². The SMILES string of the molecule is COC1(CN)CC(C(=O)Nc2cnn(-c3ccccc3Cl)c2)C1. The highest BCUT2D eigenvalue weighted by Gasteiger charge is 2.46. The molecule has 23 heavy (non-hydrogen) atoms. The normalized spacial score (nSPS) is 23.3. The third-order valence-corrected chi connectivity index (χ3v) is 4.68. The summed E-state index contributed by atoms with van der Waals surface area (Å²) in [6.07, 6.45) is 4.63. The molecule has 1 amide bonds. The third-order valence-electron chi connectivity index (χ3n) is 4.36. The molecule has 1 aliphatic carbocycles. The van der Waals surface area contributed by atoms with Gasteiger partial charge in [-0.25, -0.2) is 4.68 Å². The molecule has 0 aliphatic heterocycles. The summed E-state index contributed by atoms with van der Waals surface area (Å²) in [5.74, 6) is -0.119. The van der Waals surface area contributed by atoms with Crippen molar-refractivity contribution in [3.63, 3.8) is 0 Å². The van der Waals surface area contributed by atoms with E-state index in [9.17, 15) is 4.79 Å². The minimum absolute atomic E-state index is 0.0372.